The minimum atomic E-state index is -0.303. The van der Waals surface area contributed by atoms with Crippen molar-refractivity contribution in [2.45, 2.75) is 18.9 Å². The van der Waals surface area contributed by atoms with Gasteiger partial charge in [-0.25, -0.2) is 9.37 Å². The highest BCUT2D eigenvalue weighted by Gasteiger charge is 2.25. The summed E-state index contributed by atoms with van der Waals surface area (Å²) in [6.45, 7) is 1.96. The van der Waals surface area contributed by atoms with Gasteiger partial charge in [0, 0.05) is 55.9 Å². The van der Waals surface area contributed by atoms with E-state index >= 15 is 0 Å². The lowest BCUT2D eigenvalue weighted by Crippen LogP contribution is -2.45. The highest BCUT2D eigenvalue weighted by atomic mass is 127. The van der Waals surface area contributed by atoms with Crippen LogP contribution < -0.4 is 15.5 Å². The molecule has 11 heteroatoms. The van der Waals surface area contributed by atoms with E-state index in [0.29, 0.717) is 48.0 Å². The molecule has 1 unspecified atom stereocenters. The lowest BCUT2D eigenvalue weighted by Gasteiger charge is -2.19. The first-order valence-corrected chi connectivity index (χ1v) is 10.4. The summed E-state index contributed by atoms with van der Waals surface area (Å²) in [7, 11) is 1.71. The summed E-state index contributed by atoms with van der Waals surface area (Å²) in [5, 5.41) is 11.3. The fourth-order valence-corrected chi connectivity index (χ4v) is 3.65. The number of aliphatic imine (C=N–C) groups is 1. The van der Waals surface area contributed by atoms with Crippen molar-refractivity contribution in [2.75, 3.05) is 31.6 Å². The number of guanidine groups is 1. The van der Waals surface area contributed by atoms with E-state index in [9.17, 15) is 4.39 Å². The highest BCUT2D eigenvalue weighted by molar-refractivity contribution is 14.0. The number of hydrogen-bond acceptors (Lipinski definition) is 6. The molecule has 1 saturated heterocycles. The second-order valence-corrected chi connectivity index (χ2v) is 7.59. The molecule has 2 aromatic heterocycles. The Balaban J connectivity index is 0.00000289. The van der Waals surface area contributed by atoms with E-state index in [0.717, 1.165) is 18.5 Å². The van der Waals surface area contributed by atoms with Crippen LogP contribution in [0.4, 0.5) is 10.2 Å². The van der Waals surface area contributed by atoms with Gasteiger partial charge in [-0.05, 0) is 30.7 Å². The molecule has 0 amide bonds. The largest absolute Gasteiger partial charge is 0.356 e. The number of anilines is 1. The van der Waals surface area contributed by atoms with Crippen molar-refractivity contribution in [3.63, 3.8) is 0 Å². The molecular weight excluding hydrogens is 548 g/mol. The third kappa shape index (κ3) is 6.06. The van der Waals surface area contributed by atoms with Crippen molar-refractivity contribution in [3.8, 4) is 11.4 Å². The Morgan fingerprint density at radius 3 is 3.00 bits per heavy atom. The zero-order valence-electron chi connectivity index (χ0n) is 17.5. The molecule has 2 N–H and O–H groups in total. The van der Waals surface area contributed by atoms with Crippen LogP contribution in [0.1, 0.15) is 12.3 Å². The van der Waals surface area contributed by atoms with Gasteiger partial charge in [-0.2, -0.15) is 4.98 Å². The third-order valence-corrected chi connectivity index (χ3v) is 5.21. The van der Waals surface area contributed by atoms with Gasteiger partial charge in [0.2, 0.25) is 11.7 Å². The van der Waals surface area contributed by atoms with E-state index in [1.807, 2.05) is 17.0 Å². The van der Waals surface area contributed by atoms with E-state index in [1.165, 1.54) is 6.07 Å². The number of hydrogen-bond donors (Lipinski definition) is 2. The van der Waals surface area contributed by atoms with Crippen LogP contribution in [0, 0.1) is 5.82 Å². The van der Waals surface area contributed by atoms with Gasteiger partial charge in [0.05, 0.1) is 0 Å². The molecule has 0 spiro atoms. The van der Waals surface area contributed by atoms with Crippen LogP contribution in [0.25, 0.3) is 11.4 Å². The molecule has 8 nitrogen and oxygen atoms in total. The van der Waals surface area contributed by atoms with E-state index in [4.69, 9.17) is 16.1 Å². The zero-order chi connectivity index (χ0) is 21.6. The Morgan fingerprint density at radius 1 is 1.34 bits per heavy atom. The van der Waals surface area contributed by atoms with E-state index in [-0.39, 0.29) is 35.8 Å². The van der Waals surface area contributed by atoms with E-state index in [2.05, 4.69) is 30.8 Å². The van der Waals surface area contributed by atoms with Gasteiger partial charge < -0.3 is 20.1 Å². The van der Waals surface area contributed by atoms with Crippen LogP contribution in [0.15, 0.2) is 52.1 Å². The van der Waals surface area contributed by atoms with Crippen molar-refractivity contribution >= 4 is 47.4 Å². The van der Waals surface area contributed by atoms with Gasteiger partial charge in [-0.1, -0.05) is 28.9 Å². The quantitative estimate of drug-likeness (QED) is 0.266. The maximum Gasteiger partial charge on any atom is 0.228 e. The molecule has 4 rings (SSSR count). The molecule has 32 heavy (non-hydrogen) atoms. The number of rotatable bonds is 6. The topological polar surface area (TPSA) is 91.5 Å². The highest BCUT2D eigenvalue weighted by Crippen LogP contribution is 2.21. The predicted octanol–water partition coefficient (Wildman–Crippen LogP) is 3.53. The number of nitrogens with one attached hydrogen (secondary N) is 2. The van der Waals surface area contributed by atoms with Crippen molar-refractivity contribution in [1.82, 2.24) is 25.8 Å². The summed E-state index contributed by atoms with van der Waals surface area (Å²) in [6, 6.07) is 10.5. The van der Waals surface area contributed by atoms with Gasteiger partial charge in [0.15, 0.2) is 17.6 Å². The molecule has 1 aromatic carbocycles. The second-order valence-electron chi connectivity index (χ2n) is 7.16. The summed E-state index contributed by atoms with van der Waals surface area (Å²) >= 11 is 6.02. The van der Waals surface area contributed by atoms with Gasteiger partial charge in [-0.15, -0.1) is 24.0 Å². The maximum absolute atomic E-state index is 14.0. The number of aromatic nitrogens is 3. The fourth-order valence-electron chi connectivity index (χ4n) is 3.46. The maximum atomic E-state index is 14.0. The standard InChI is InChI=1S/C21H23ClFN7O.HI/c1-24-21(27-16-8-11-30(13-16)20-17(23)6-3-9-25-20)26-10-7-18-28-19(29-31-18)14-4-2-5-15(22)12-14;/h2-6,9,12,16H,7-8,10-11,13H2,1H3,(H2,24,26,27);1H. The first-order valence-electron chi connectivity index (χ1n) is 10.0. The summed E-state index contributed by atoms with van der Waals surface area (Å²) < 4.78 is 19.3. The van der Waals surface area contributed by atoms with Crippen LogP contribution in [-0.2, 0) is 6.42 Å². The van der Waals surface area contributed by atoms with Gasteiger partial charge in [-0.3, -0.25) is 4.99 Å². The van der Waals surface area contributed by atoms with E-state index < -0.39 is 0 Å². The minimum Gasteiger partial charge on any atom is -0.356 e. The molecule has 0 saturated carbocycles. The van der Waals surface area contributed by atoms with Gasteiger partial charge in [0.25, 0.3) is 0 Å². The normalized spacial score (nSPS) is 16.0. The Labute approximate surface area is 207 Å². The molecule has 0 radical (unpaired) electrons. The van der Waals surface area contributed by atoms with Crippen LogP contribution >= 0.6 is 35.6 Å². The molecule has 0 bridgehead atoms. The number of benzene rings is 1. The molecule has 3 heterocycles. The van der Waals surface area contributed by atoms with Crippen molar-refractivity contribution in [3.05, 3.63) is 59.3 Å². The Morgan fingerprint density at radius 2 is 2.22 bits per heavy atom. The monoisotopic (exact) mass is 571 g/mol. The van der Waals surface area contributed by atoms with Crippen molar-refractivity contribution < 1.29 is 8.91 Å². The van der Waals surface area contributed by atoms with Gasteiger partial charge >= 0.3 is 0 Å². The average molecular weight is 572 g/mol. The summed E-state index contributed by atoms with van der Waals surface area (Å²) in [5.41, 5.74) is 0.808. The Kier molecular flexibility index (Phi) is 8.62. The van der Waals surface area contributed by atoms with Crippen LogP contribution in [-0.4, -0.2) is 53.8 Å². The number of halogens is 3. The smallest absolute Gasteiger partial charge is 0.228 e. The molecule has 3 aromatic rings. The summed E-state index contributed by atoms with van der Waals surface area (Å²) in [6.07, 6.45) is 3.02. The number of nitrogens with zero attached hydrogens (tertiary/aromatic N) is 5. The zero-order valence-corrected chi connectivity index (χ0v) is 20.5. The molecule has 0 aliphatic carbocycles. The first-order chi connectivity index (χ1) is 15.1. The molecule has 1 aliphatic rings. The summed E-state index contributed by atoms with van der Waals surface area (Å²) in [5.74, 6) is 1.79. The minimum absolute atomic E-state index is 0. The van der Waals surface area contributed by atoms with Crippen molar-refractivity contribution in [2.24, 2.45) is 4.99 Å². The van der Waals surface area contributed by atoms with Crippen LogP contribution in [0.5, 0.6) is 0 Å². The molecule has 1 atom stereocenters. The van der Waals surface area contributed by atoms with Crippen LogP contribution in [0.2, 0.25) is 5.02 Å². The fraction of sp³-hybridized carbons (Fsp3) is 0.333. The van der Waals surface area contributed by atoms with Crippen molar-refractivity contribution in [1.29, 1.82) is 0 Å². The molecular formula is C21H24ClFIN7O. The van der Waals surface area contributed by atoms with Gasteiger partial charge in [0.1, 0.15) is 0 Å². The first kappa shape index (κ1) is 24.2. The molecule has 1 fully saturated rings. The average Bonchev–Trinajstić information content (AvgIpc) is 3.43. The SMILES string of the molecule is CN=C(NCCc1nc(-c2cccc(Cl)c2)no1)NC1CCN(c2ncccc2F)C1.I. The predicted molar refractivity (Wildman–Crippen MR) is 133 cm³/mol. The number of pyridine rings is 1. The molecule has 170 valence electrons. The summed E-state index contributed by atoms with van der Waals surface area (Å²) in [4.78, 5) is 14.8. The Hall–Kier alpha value is -2.47. The molecule has 1 aliphatic heterocycles. The van der Waals surface area contributed by atoms with E-state index in [1.54, 1.807) is 31.4 Å². The van der Waals surface area contributed by atoms with Crippen LogP contribution in [0.3, 0.4) is 0 Å². The lowest BCUT2D eigenvalue weighted by molar-refractivity contribution is 0.378. The third-order valence-electron chi connectivity index (χ3n) is 4.97. The lowest BCUT2D eigenvalue weighted by atomic mass is 10.2. The Bertz CT molecular complexity index is 1060. The second kappa shape index (κ2) is 11.4.